The molecule has 0 spiro atoms. The minimum Gasteiger partial charge on any atom is -0.492 e. The minimum atomic E-state index is -0.0982. The van der Waals surface area contributed by atoms with E-state index in [0.29, 0.717) is 44.6 Å². The van der Waals surface area contributed by atoms with Crippen LogP contribution in [-0.2, 0) is 9.59 Å². The molecule has 0 atom stereocenters. The van der Waals surface area contributed by atoms with Gasteiger partial charge in [0.1, 0.15) is 12.4 Å². The Labute approximate surface area is 131 Å². The average Bonchev–Trinajstić information content (AvgIpc) is 2.52. The lowest BCUT2D eigenvalue weighted by Gasteiger charge is -2.08. The monoisotopic (exact) mass is 307 g/mol. The van der Waals surface area contributed by atoms with E-state index in [1.165, 1.54) is 0 Å². The third-order valence-electron chi connectivity index (χ3n) is 2.90. The molecule has 0 aromatic heterocycles. The number of carbonyl (C=O) groups excluding carboxylic acids is 2. The third kappa shape index (κ3) is 7.64. The largest absolute Gasteiger partial charge is 0.492 e. The number of nitrogens with one attached hydrogen (secondary N) is 2. The van der Waals surface area contributed by atoms with Crippen LogP contribution in [0.15, 0.2) is 24.3 Å². The van der Waals surface area contributed by atoms with Gasteiger partial charge in [0.2, 0.25) is 11.8 Å². The minimum absolute atomic E-state index is 0.00365. The number of hydrogen-bond donors (Lipinski definition) is 3. The number of nitrogens with two attached hydrogens (primary N) is 1. The van der Waals surface area contributed by atoms with E-state index >= 15 is 0 Å². The molecule has 0 aliphatic heterocycles. The summed E-state index contributed by atoms with van der Waals surface area (Å²) in [5, 5.41) is 5.58. The first-order chi connectivity index (χ1) is 10.7. The zero-order chi connectivity index (χ0) is 16.2. The summed E-state index contributed by atoms with van der Waals surface area (Å²) < 4.78 is 5.36. The highest BCUT2D eigenvalue weighted by atomic mass is 16.5. The number of benzene rings is 1. The standard InChI is InChI=1S/C16H25N3O3/c1-2-11-18-15(20)4-3-5-16(21)19-13-6-8-14(9-7-13)22-12-10-17/h6-9H,2-5,10-12,17H2,1H3,(H,18,20)(H,19,21). The maximum Gasteiger partial charge on any atom is 0.224 e. The maximum atomic E-state index is 11.8. The fraction of sp³-hybridized carbons (Fsp3) is 0.500. The smallest absolute Gasteiger partial charge is 0.224 e. The number of ether oxygens (including phenoxy) is 1. The summed E-state index contributed by atoms with van der Waals surface area (Å²) >= 11 is 0. The summed E-state index contributed by atoms with van der Waals surface area (Å²) in [5.41, 5.74) is 6.07. The van der Waals surface area contributed by atoms with Gasteiger partial charge in [-0.2, -0.15) is 0 Å². The number of hydrogen-bond acceptors (Lipinski definition) is 4. The molecule has 6 heteroatoms. The van der Waals surface area contributed by atoms with E-state index in [0.717, 1.165) is 12.2 Å². The van der Waals surface area contributed by atoms with E-state index in [1.807, 2.05) is 6.92 Å². The predicted molar refractivity (Wildman–Crippen MR) is 86.8 cm³/mol. The van der Waals surface area contributed by atoms with E-state index < -0.39 is 0 Å². The van der Waals surface area contributed by atoms with Gasteiger partial charge in [0.05, 0.1) is 0 Å². The quantitative estimate of drug-likeness (QED) is 0.613. The highest BCUT2D eigenvalue weighted by Gasteiger charge is 2.05. The van der Waals surface area contributed by atoms with E-state index in [2.05, 4.69) is 10.6 Å². The van der Waals surface area contributed by atoms with Crippen molar-refractivity contribution >= 4 is 17.5 Å². The molecule has 0 unspecified atom stereocenters. The highest BCUT2D eigenvalue weighted by Crippen LogP contribution is 2.15. The lowest BCUT2D eigenvalue weighted by molar-refractivity contribution is -0.121. The second-order valence-corrected chi connectivity index (χ2v) is 4.91. The zero-order valence-electron chi connectivity index (χ0n) is 13.1. The lowest BCUT2D eigenvalue weighted by atomic mass is 10.2. The van der Waals surface area contributed by atoms with Gasteiger partial charge >= 0.3 is 0 Å². The van der Waals surface area contributed by atoms with Crippen LogP contribution in [0.1, 0.15) is 32.6 Å². The average molecular weight is 307 g/mol. The molecule has 1 aromatic carbocycles. The Kier molecular flexibility index (Phi) is 8.67. The van der Waals surface area contributed by atoms with E-state index in [4.69, 9.17) is 10.5 Å². The predicted octanol–water partition coefficient (Wildman–Crippen LogP) is 1.66. The third-order valence-corrected chi connectivity index (χ3v) is 2.90. The molecule has 122 valence electrons. The van der Waals surface area contributed by atoms with Crippen molar-refractivity contribution in [2.75, 3.05) is 25.0 Å². The highest BCUT2D eigenvalue weighted by molar-refractivity contribution is 5.91. The van der Waals surface area contributed by atoms with Gasteiger partial charge in [-0.1, -0.05) is 6.92 Å². The van der Waals surface area contributed by atoms with Gasteiger partial charge in [-0.15, -0.1) is 0 Å². The molecule has 0 aliphatic rings. The van der Waals surface area contributed by atoms with Crippen molar-refractivity contribution in [3.63, 3.8) is 0 Å². The zero-order valence-corrected chi connectivity index (χ0v) is 13.1. The van der Waals surface area contributed by atoms with Crippen LogP contribution < -0.4 is 21.1 Å². The molecule has 6 nitrogen and oxygen atoms in total. The van der Waals surface area contributed by atoms with Gasteiger partial charge < -0.3 is 21.1 Å². The second-order valence-electron chi connectivity index (χ2n) is 4.91. The second kappa shape index (κ2) is 10.6. The molecular weight excluding hydrogens is 282 g/mol. The van der Waals surface area contributed by atoms with Crippen LogP contribution in [0.5, 0.6) is 5.75 Å². The van der Waals surface area contributed by atoms with Crippen LogP contribution in [0.4, 0.5) is 5.69 Å². The molecule has 0 aliphatic carbocycles. The lowest BCUT2D eigenvalue weighted by Crippen LogP contribution is -2.24. The molecule has 1 rings (SSSR count). The number of amides is 2. The SMILES string of the molecule is CCCNC(=O)CCCC(=O)Nc1ccc(OCCN)cc1. The molecule has 4 N–H and O–H groups in total. The molecule has 0 heterocycles. The first kappa shape index (κ1) is 18.0. The Balaban J connectivity index is 2.25. The van der Waals surface area contributed by atoms with Gasteiger partial charge in [-0.05, 0) is 37.1 Å². The van der Waals surface area contributed by atoms with Gasteiger partial charge in [0, 0.05) is 31.6 Å². The van der Waals surface area contributed by atoms with Crippen molar-refractivity contribution in [2.45, 2.75) is 32.6 Å². The Hall–Kier alpha value is -2.08. The van der Waals surface area contributed by atoms with Crippen LogP contribution in [0, 0.1) is 0 Å². The number of rotatable bonds is 10. The van der Waals surface area contributed by atoms with Crippen molar-refractivity contribution in [3.05, 3.63) is 24.3 Å². The van der Waals surface area contributed by atoms with Crippen molar-refractivity contribution in [3.8, 4) is 5.75 Å². The summed E-state index contributed by atoms with van der Waals surface area (Å²) in [4.78, 5) is 23.2. The topological polar surface area (TPSA) is 93.5 Å². The first-order valence-electron chi connectivity index (χ1n) is 7.65. The molecule has 0 fully saturated rings. The van der Waals surface area contributed by atoms with Gasteiger partial charge in [0.25, 0.3) is 0 Å². The fourth-order valence-corrected chi connectivity index (χ4v) is 1.80. The van der Waals surface area contributed by atoms with Crippen molar-refractivity contribution in [2.24, 2.45) is 5.73 Å². The Morgan fingerprint density at radius 1 is 1.14 bits per heavy atom. The first-order valence-corrected chi connectivity index (χ1v) is 7.65. The molecule has 22 heavy (non-hydrogen) atoms. The van der Waals surface area contributed by atoms with Gasteiger partial charge in [0.15, 0.2) is 0 Å². The molecule has 0 saturated carbocycles. The van der Waals surface area contributed by atoms with Crippen molar-refractivity contribution < 1.29 is 14.3 Å². The summed E-state index contributed by atoms with van der Waals surface area (Å²) in [6, 6.07) is 7.11. The normalized spacial score (nSPS) is 10.1. The maximum absolute atomic E-state index is 11.8. The van der Waals surface area contributed by atoms with Crippen LogP contribution in [0.25, 0.3) is 0 Å². The van der Waals surface area contributed by atoms with Crippen molar-refractivity contribution in [1.82, 2.24) is 5.32 Å². The fourth-order valence-electron chi connectivity index (χ4n) is 1.80. The van der Waals surface area contributed by atoms with Crippen LogP contribution in [0.3, 0.4) is 0 Å². The molecule has 2 amide bonds. The Morgan fingerprint density at radius 2 is 1.82 bits per heavy atom. The van der Waals surface area contributed by atoms with E-state index in [-0.39, 0.29) is 11.8 Å². The van der Waals surface area contributed by atoms with Crippen molar-refractivity contribution in [1.29, 1.82) is 0 Å². The molecule has 0 saturated heterocycles. The molecule has 0 bridgehead atoms. The summed E-state index contributed by atoms with van der Waals surface area (Å²) in [6.45, 7) is 3.61. The summed E-state index contributed by atoms with van der Waals surface area (Å²) in [7, 11) is 0. The van der Waals surface area contributed by atoms with E-state index in [1.54, 1.807) is 24.3 Å². The van der Waals surface area contributed by atoms with Crippen LogP contribution in [0.2, 0.25) is 0 Å². The van der Waals surface area contributed by atoms with Gasteiger partial charge in [-0.3, -0.25) is 9.59 Å². The van der Waals surface area contributed by atoms with Crippen LogP contribution >= 0.6 is 0 Å². The summed E-state index contributed by atoms with van der Waals surface area (Å²) in [5.74, 6) is 0.617. The Morgan fingerprint density at radius 3 is 2.45 bits per heavy atom. The van der Waals surface area contributed by atoms with E-state index in [9.17, 15) is 9.59 Å². The molecular formula is C16H25N3O3. The van der Waals surface area contributed by atoms with Gasteiger partial charge in [-0.25, -0.2) is 0 Å². The molecule has 1 aromatic rings. The number of anilines is 1. The summed E-state index contributed by atoms with van der Waals surface area (Å²) in [6.07, 6.45) is 2.15. The van der Waals surface area contributed by atoms with Crippen LogP contribution in [-0.4, -0.2) is 31.5 Å². The Bertz CT molecular complexity index is 460. The molecule has 0 radical (unpaired) electrons. The number of carbonyl (C=O) groups is 2.